The van der Waals surface area contributed by atoms with Crippen LogP contribution < -0.4 is 15.8 Å². The molecule has 1 aliphatic heterocycles. The number of nitrogens with one attached hydrogen (secondary N) is 1. The van der Waals surface area contributed by atoms with Crippen LogP contribution in [0, 0.1) is 5.92 Å². The molecule has 0 amide bonds. The summed E-state index contributed by atoms with van der Waals surface area (Å²) >= 11 is 6.11. The number of rotatable bonds is 5. The van der Waals surface area contributed by atoms with Gasteiger partial charge >= 0.3 is 0 Å². The van der Waals surface area contributed by atoms with E-state index in [1.807, 2.05) is 23.9 Å². The van der Waals surface area contributed by atoms with Gasteiger partial charge in [0.2, 0.25) is 0 Å². The first-order valence-electron chi connectivity index (χ1n) is 8.08. The van der Waals surface area contributed by atoms with Crippen LogP contribution >= 0.6 is 11.6 Å². The van der Waals surface area contributed by atoms with Crippen molar-refractivity contribution < 1.29 is 9.47 Å². The van der Waals surface area contributed by atoms with Gasteiger partial charge in [-0.1, -0.05) is 11.6 Å². The summed E-state index contributed by atoms with van der Waals surface area (Å²) in [5.41, 5.74) is 7.83. The zero-order valence-electron chi connectivity index (χ0n) is 14.3. The molecule has 1 saturated heterocycles. The van der Waals surface area contributed by atoms with Gasteiger partial charge in [0.05, 0.1) is 17.8 Å². The second kappa shape index (κ2) is 7.76. The normalized spacial score (nSPS) is 20.7. The van der Waals surface area contributed by atoms with Crippen LogP contribution in [0.4, 0.5) is 5.69 Å². The van der Waals surface area contributed by atoms with E-state index in [9.17, 15) is 0 Å². The van der Waals surface area contributed by atoms with E-state index in [4.69, 9.17) is 26.8 Å². The number of anilines is 1. The summed E-state index contributed by atoms with van der Waals surface area (Å²) in [6.07, 6.45) is 2.72. The molecule has 0 spiro atoms. The highest BCUT2D eigenvalue weighted by atomic mass is 35.5. The van der Waals surface area contributed by atoms with Gasteiger partial charge in [-0.15, -0.1) is 0 Å². The van der Waals surface area contributed by atoms with E-state index < -0.39 is 0 Å². The van der Waals surface area contributed by atoms with E-state index in [1.54, 1.807) is 25.4 Å². The molecule has 0 radical (unpaired) electrons. The number of nitrogens with two attached hydrogens (primary N) is 1. The summed E-state index contributed by atoms with van der Waals surface area (Å²) in [4.78, 5) is 4.46. The van der Waals surface area contributed by atoms with Crippen molar-refractivity contribution in [1.82, 2.24) is 9.78 Å². The van der Waals surface area contributed by atoms with Gasteiger partial charge < -0.3 is 20.5 Å². The number of guanidine groups is 1. The summed E-state index contributed by atoms with van der Waals surface area (Å²) in [5.74, 6) is 1.23. The molecule has 2 atom stereocenters. The maximum Gasteiger partial charge on any atom is 0.193 e. The maximum atomic E-state index is 6.11. The molecule has 25 heavy (non-hydrogen) atoms. The highest BCUT2D eigenvalue weighted by Gasteiger charge is 2.31. The van der Waals surface area contributed by atoms with E-state index >= 15 is 0 Å². The molecular formula is C17H22ClN5O2. The second-order valence-corrected chi connectivity index (χ2v) is 6.33. The maximum absolute atomic E-state index is 6.11. The third-order valence-corrected chi connectivity index (χ3v) is 4.58. The molecule has 3 N–H and O–H groups in total. The Hall–Kier alpha value is -2.25. The number of aromatic nitrogens is 2. The number of benzene rings is 1. The number of aliphatic imine (C=N–C) groups is 1. The van der Waals surface area contributed by atoms with Gasteiger partial charge in [0.15, 0.2) is 5.96 Å². The van der Waals surface area contributed by atoms with Crippen molar-refractivity contribution >= 4 is 23.2 Å². The fraction of sp³-hybridized carbons (Fsp3) is 0.412. The molecule has 7 nitrogen and oxygen atoms in total. The number of hydrogen-bond donors (Lipinski definition) is 2. The smallest absolute Gasteiger partial charge is 0.193 e. The molecule has 0 bridgehead atoms. The van der Waals surface area contributed by atoms with Crippen molar-refractivity contribution in [3.8, 4) is 5.75 Å². The van der Waals surface area contributed by atoms with E-state index in [1.165, 1.54) is 0 Å². The van der Waals surface area contributed by atoms with Crippen LogP contribution in [0.15, 0.2) is 35.5 Å². The Bertz CT molecular complexity index is 761. The fourth-order valence-electron chi connectivity index (χ4n) is 2.96. The topological polar surface area (TPSA) is 86.7 Å². The molecule has 0 saturated carbocycles. The molecular weight excluding hydrogens is 342 g/mol. The van der Waals surface area contributed by atoms with E-state index in [-0.39, 0.29) is 12.0 Å². The van der Waals surface area contributed by atoms with Crippen LogP contribution in [0.1, 0.15) is 18.2 Å². The quantitative estimate of drug-likeness (QED) is 0.629. The van der Waals surface area contributed by atoms with Crippen molar-refractivity contribution in [2.75, 3.05) is 25.6 Å². The molecule has 134 valence electrons. The van der Waals surface area contributed by atoms with Crippen molar-refractivity contribution in [3.63, 3.8) is 0 Å². The highest BCUT2D eigenvalue weighted by Crippen LogP contribution is 2.34. The third kappa shape index (κ3) is 4.05. The summed E-state index contributed by atoms with van der Waals surface area (Å²) in [6.45, 7) is 1.30. The van der Waals surface area contributed by atoms with Crippen LogP contribution in [0.5, 0.6) is 5.75 Å². The van der Waals surface area contributed by atoms with Crippen LogP contribution in [-0.2, 0) is 11.8 Å². The first-order valence-corrected chi connectivity index (χ1v) is 8.46. The number of halogens is 1. The number of aryl methyl sites for hydroxylation is 1. The van der Waals surface area contributed by atoms with Crippen LogP contribution in [0.2, 0.25) is 5.02 Å². The van der Waals surface area contributed by atoms with Gasteiger partial charge in [-0.2, -0.15) is 5.10 Å². The highest BCUT2D eigenvalue weighted by molar-refractivity contribution is 6.32. The minimum atomic E-state index is -0.000481. The van der Waals surface area contributed by atoms with Gasteiger partial charge in [-0.05, 0) is 30.7 Å². The minimum Gasteiger partial charge on any atom is -0.495 e. The molecule has 1 aliphatic rings. The van der Waals surface area contributed by atoms with Crippen LogP contribution in [0.3, 0.4) is 0 Å². The van der Waals surface area contributed by atoms with Crippen molar-refractivity contribution in [1.29, 1.82) is 0 Å². The Morgan fingerprint density at radius 1 is 1.52 bits per heavy atom. The predicted molar refractivity (Wildman–Crippen MR) is 98.1 cm³/mol. The monoisotopic (exact) mass is 363 g/mol. The van der Waals surface area contributed by atoms with Gasteiger partial charge in [-0.25, -0.2) is 0 Å². The lowest BCUT2D eigenvalue weighted by molar-refractivity contribution is 0.0859. The lowest BCUT2D eigenvalue weighted by Gasteiger charge is -2.17. The summed E-state index contributed by atoms with van der Waals surface area (Å²) in [6, 6.07) is 7.35. The predicted octanol–water partition coefficient (Wildman–Crippen LogP) is 2.59. The van der Waals surface area contributed by atoms with Crippen molar-refractivity contribution in [3.05, 3.63) is 41.2 Å². The summed E-state index contributed by atoms with van der Waals surface area (Å²) in [7, 11) is 3.49. The number of methoxy groups -OCH3 is 1. The molecule has 1 aromatic carbocycles. The third-order valence-electron chi connectivity index (χ3n) is 4.28. The van der Waals surface area contributed by atoms with Gasteiger partial charge in [0.1, 0.15) is 11.9 Å². The Labute approximate surface area is 151 Å². The molecule has 1 fully saturated rings. The lowest BCUT2D eigenvalue weighted by Crippen LogP contribution is -2.24. The second-order valence-electron chi connectivity index (χ2n) is 5.92. The average Bonchev–Trinajstić information content (AvgIpc) is 3.21. The molecule has 8 heteroatoms. The minimum absolute atomic E-state index is 0.000481. The Kier molecular flexibility index (Phi) is 5.45. The number of ether oxygens (including phenoxy) is 2. The Balaban J connectivity index is 1.63. The first kappa shape index (κ1) is 17.6. The fourth-order valence-corrected chi connectivity index (χ4v) is 3.22. The molecule has 2 aromatic rings. The van der Waals surface area contributed by atoms with Gasteiger partial charge in [0, 0.05) is 38.0 Å². The van der Waals surface area contributed by atoms with Gasteiger partial charge in [0.25, 0.3) is 0 Å². The van der Waals surface area contributed by atoms with Crippen molar-refractivity contribution in [2.24, 2.45) is 23.7 Å². The summed E-state index contributed by atoms with van der Waals surface area (Å²) in [5, 5.41) is 7.77. The zero-order chi connectivity index (χ0) is 17.8. The Morgan fingerprint density at radius 2 is 2.36 bits per heavy atom. The standard InChI is InChI=1S/C17H22ClN5O2/c1-23-14(5-7-21-23)16-11(6-8-25-16)10-20-17(19)22-12-3-4-15(24-2)13(18)9-12/h3-5,7,9,11,16H,6,8,10H2,1-2H3,(H3,19,20,22)/t11-,16+/m0/s1. The zero-order valence-corrected chi connectivity index (χ0v) is 15.0. The molecule has 0 aliphatic carbocycles. The number of hydrogen-bond acceptors (Lipinski definition) is 4. The molecule has 3 rings (SSSR count). The summed E-state index contributed by atoms with van der Waals surface area (Å²) < 4.78 is 12.8. The SMILES string of the molecule is COc1ccc(NC(N)=NC[C@@H]2CCO[C@H]2c2ccnn2C)cc1Cl. The Morgan fingerprint density at radius 3 is 3.04 bits per heavy atom. The average molecular weight is 364 g/mol. The molecule has 2 heterocycles. The van der Waals surface area contributed by atoms with Crippen LogP contribution in [-0.4, -0.2) is 36.0 Å². The van der Waals surface area contributed by atoms with E-state index in [0.717, 1.165) is 24.4 Å². The lowest BCUT2D eigenvalue weighted by atomic mass is 9.99. The first-order chi connectivity index (χ1) is 12.1. The molecule has 0 unspecified atom stereocenters. The molecule has 1 aromatic heterocycles. The van der Waals surface area contributed by atoms with E-state index in [2.05, 4.69) is 15.4 Å². The van der Waals surface area contributed by atoms with Crippen molar-refractivity contribution in [2.45, 2.75) is 12.5 Å². The number of nitrogens with zero attached hydrogens (tertiary/aromatic N) is 3. The largest absolute Gasteiger partial charge is 0.495 e. The van der Waals surface area contributed by atoms with Crippen LogP contribution in [0.25, 0.3) is 0 Å². The van der Waals surface area contributed by atoms with Gasteiger partial charge in [-0.3, -0.25) is 9.67 Å². The van der Waals surface area contributed by atoms with E-state index in [0.29, 0.717) is 23.3 Å².